The van der Waals surface area contributed by atoms with E-state index in [4.69, 9.17) is 0 Å². The predicted octanol–water partition coefficient (Wildman–Crippen LogP) is 1.57. The highest BCUT2D eigenvalue weighted by atomic mass is 32.2. The molecule has 6 nitrogen and oxygen atoms in total. The minimum atomic E-state index is -3.48. The van der Waals surface area contributed by atoms with Crippen LogP contribution in [-0.2, 0) is 10.0 Å². The van der Waals surface area contributed by atoms with Gasteiger partial charge in [-0.15, -0.1) is 0 Å². The van der Waals surface area contributed by atoms with E-state index in [1.54, 1.807) is 11.4 Å². The minimum Gasteiger partial charge on any atom is -0.357 e. The van der Waals surface area contributed by atoms with Crippen molar-refractivity contribution in [2.75, 3.05) is 25.5 Å². The van der Waals surface area contributed by atoms with Crippen molar-refractivity contribution in [3.63, 3.8) is 0 Å². The lowest BCUT2D eigenvalue weighted by atomic mass is 9.80. The zero-order chi connectivity index (χ0) is 15.0. The first kappa shape index (κ1) is 15.2. The summed E-state index contributed by atoms with van der Waals surface area (Å²) in [5.41, 5.74) is 0.122. The second-order valence-electron chi connectivity index (χ2n) is 6.21. The Morgan fingerprint density at radius 1 is 1.30 bits per heavy atom. The maximum Gasteiger partial charge on any atom is 0.246 e. The summed E-state index contributed by atoms with van der Waals surface area (Å²) >= 11 is 0. The summed E-state index contributed by atoms with van der Waals surface area (Å²) in [5, 5.41) is 2.77. The lowest BCUT2D eigenvalue weighted by Crippen LogP contribution is -2.31. The van der Waals surface area contributed by atoms with Crippen LogP contribution in [0.2, 0.25) is 0 Å². The molecule has 0 aliphatic carbocycles. The molecule has 1 atom stereocenters. The number of rotatable bonds is 3. The fourth-order valence-corrected chi connectivity index (χ4v) is 3.77. The lowest BCUT2D eigenvalue weighted by molar-refractivity contribution is 0.252. The fourth-order valence-electron chi connectivity index (χ4n) is 2.38. The quantitative estimate of drug-likeness (QED) is 0.917. The van der Waals surface area contributed by atoms with Crippen molar-refractivity contribution in [3.05, 3.63) is 12.4 Å². The van der Waals surface area contributed by atoms with Gasteiger partial charge in [0.05, 0.1) is 12.4 Å². The van der Waals surface area contributed by atoms with Gasteiger partial charge in [-0.05, 0) is 17.8 Å². The molecule has 1 N–H and O–H groups in total. The van der Waals surface area contributed by atoms with Crippen molar-refractivity contribution in [2.24, 2.45) is 11.3 Å². The summed E-state index contributed by atoms with van der Waals surface area (Å²) in [6.07, 6.45) is 3.62. The van der Waals surface area contributed by atoms with Crippen molar-refractivity contribution in [1.29, 1.82) is 0 Å². The van der Waals surface area contributed by atoms with Crippen molar-refractivity contribution < 1.29 is 8.42 Å². The molecule has 0 saturated carbocycles. The summed E-state index contributed by atoms with van der Waals surface area (Å²) < 4.78 is 26.6. The van der Waals surface area contributed by atoms with Crippen molar-refractivity contribution in [2.45, 2.75) is 32.1 Å². The van der Waals surface area contributed by atoms with Gasteiger partial charge in [0.2, 0.25) is 16.0 Å². The molecule has 20 heavy (non-hydrogen) atoms. The molecule has 2 heterocycles. The van der Waals surface area contributed by atoms with Crippen LogP contribution >= 0.6 is 0 Å². The molecule has 1 aliphatic heterocycles. The number of sulfonamides is 1. The van der Waals surface area contributed by atoms with Crippen molar-refractivity contribution >= 4 is 16.0 Å². The second-order valence-corrected chi connectivity index (χ2v) is 8.14. The van der Waals surface area contributed by atoms with E-state index in [1.807, 2.05) is 0 Å². The zero-order valence-electron chi connectivity index (χ0n) is 12.4. The van der Waals surface area contributed by atoms with Crippen molar-refractivity contribution in [1.82, 2.24) is 14.3 Å². The molecule has 0 radical (unpaired) electrons. The van der Waals surface area contributed by atoms with E-state index in [-0.39, 0.29) is 10.3 Å². The second kappa shape index (κ2) is 5.29. The molecule has 0 spiro atoms. The van der Waals surface area contributed by atoms with Gasteiger partial charge in [-0.1, -0.05) is 20.8 Å². The topological polar surface area (TPSA) is 75.2 Å². The molecule has 1 fully saturated rings. The Morgan fingerprint density at radius 2 is 1.90 bits per heavy atom. The van der Waals surface area contributed by atoms with E-state index in [0.29, 0.717) is 25.0 Å². The maximum absolute atomic E-state index is 12.5. The third-order valence-electron chi connectivity index (χ3n) is 3.87. The largest absolute Gasteiger partial charge is 0.357 e. The highest BCUT2D eigenvalue weighted by molar-refractivity contribution is 7.89. The van der Waals surface area contributed by atoms with E-state index in [2.05, 4.69) is 36.1 Å². The molecule has 112 valence electrons. The molecule has 0 aromatic carbocycles. The van der Waals surface area contributed by atoms with Gasteiger partial charge in [0.25, 0.3) is 0 Å². The number of nitrogens with one attached hydrogen (secondary N) is 1. The Hall–Kier alpha value is -1.21. The molecule has 0 bridgehead atoms. The van der Waals surface area contributed by atoms with Gasteiger partial charge in [-0.25, -0.2) is 18.4 Å². The zero-order valence-corrected chi connectivity index (χ0v) is 13.2. The van der Waals surface area contributed by atoms with Crippen molar-refractivity contribution in [3.8, 4) is 0 Å². The normalized spacial score (nSPS) is 21.1. The number of hydrogen-bond acceptors (Lipinski definition) is 5. The van der Waals surface area contributed by atoms with Crippen LogP contribution in [0.4, 0.5) is 5.95 Å². The first-order valence-corrected chi connectivity index (χ1v) is 8.19. The van der Waals surface area contributed by atoms with E-state index in [9.17, 15) is 8.42 Å². The molecule has 1 unspecified atom stereocenters. The van der Waals surface area contributed by atoms with E-state index in [1.165, 1.54) is 12.4 Å². The summed E-state index contributed by atoms with van der Waals surface area (Å²) in [6, 6.07) is 0. The van der Waals surface area contributed by atoms with Crippen LogP contribution in [0.5, 0.6) is 0 Å². The van der Waals surface area contributed by atoms with E-state index < -0.39 is 10.0 Å². The third-order valence-corrected chi connectivity index (χ3v) is 5.68. The highest BCUT2D eigenvalue weighted by Crippen LogP contribution is 2.35. The molecule has 1 saturated heterocycles. The summed E-state index contributed by atoms with van der Waals surface area (Å²) in [6.45, 7) is 7.59. The monoisotopic (exact) mass is 298 g/mol. The molecule has 1 aromatic rings. The Morgan fingerprint density at radius 3 is 2.35 bits per heavy atom. The van der Waals surface area contributed by atoms with E-state index in [0.717, 1.165) is 6.42 Å². The Kier molecular flexibility index (Phi) is 4.02. The minimum absolute atomic E-state index is 0.122. The molecule has 1 aliphatic rings. The third kappa shape index (κ3) is 2.93. The summed E-state index contributed by atoms with van der Waals surface area (Å²) in [4.78, 5) is 8.11. The fraction of sp³-hybridized carbons (Fsp3) is 0.692. The standard InChI is InChI=1S/C13H22N4O2S/c1-13(2,3)10-5-6-17(9-10)20(18,19)11-7-15-12(14-4)16-8-11/h7-8,10H,5-6,9H2,1-4H3,(H,14,15,16). The van der Waals surface area contributed by atoms with Crippen LogP contribution in [0.25, 0.3) is 0 Å². The predicted molar refractivity (Wildman–Crippen MR) is 77.9 cm³/mol. The first-order chi connectivity index (χ1) is 9.25. The highest BCUT2D eigenvalue weighted by Gasteiger charge is 2.37. The Bertz CT molecular complexity index is 563. The maximum atomic E-state index is 12.5. The number of anilines is 1. The van der Waals surface area contributed by atoms with Crippen LogP contribution in [0.15, 0.2) is 17.3 Å². The molecule has 0 amide bonds. The van der Waals surface area contributed by atoms with Gasteiger partial charge in [-0.2, -0.15) is 4.31 Å². The van der Waals surface area contributed by atoms with Gasteiger partial charge in [0, 0.05) is 20.1 Å². The molecular weight excluding hydrogens is 276 g/mol. The van der Waals surface area contributed by atoms with Crippen LogP contribution < -0.4 is 5.32 Å². The number of aromatic nitrogens is 2. The number of nitrogens with zero attached hydrogens (tertiary/aromatic N) is 3. The average molecular weight is 298 g/mol. The van der Waals surface area contributed by atoms with E-state index >= 15 is 0 Å². The summed E-state index contributed by atoms with van der Waals surface area (Å²) in [5.74, 6) is 0.799. The molecular formula is C13H22N4O2S. The lowest BCUT2D eigenvalue weighted by Gasteiger charge is -2.26. The summed E-state index contributed by atoms with van der Waals surface area (Å²) in [7, 11) is -1.78. The van der Waals surface area contributed by atoms with Crippen LogP contribution in [0.3, 0.4) is 0 Å². The number of hydrogen-bond donors (Lipinski definition) is 1. The molecule has 1 aromatic heterocycles. The SMILES string of the molecule is CNc1ncc(S(=O)(=O)N2CCC(C(C)(C)C)C2)cn1. The van der Waals surface area contributed by atoms with Gasteiger partial charge in [0.1, 0.15) is 4.90 Å². The first-order valence-electron chi connectivity index (χ1n) is 6.75. The molecule has 7 heteroatoms. The van der Waals surface area contributed by atoms with Crippen LogP contribution in [0.1, 0.15) is 27.2 Å². The van der Waals surface area contributed by atoms with Gasteiger partial charge >= 0.3 is 0 Å². The Balaban J connectivity index is 2.19. The molecule has 2 rings (SSSR count). The smallest absolute Gasteiger partial charge is 0.246 e. The van der Waals surface area contributed by atoms with Crippen LogP contribution in [0, 0.1) is 11.3 Å². The van der Waals surface area contributed by atoms with Gasteiger partial charge < -0.3 is 5.32 Å². The van der Waals surface area contributed by atoms with Crippen LogP contribution in [-0.4, -0.2) is 42.8 Å². The van der Waals surface area contributed by atoms with Gasteiger partial charge in [-0.3, -0.25) is 0 Å². The Labute approximate surface area is 120 Å². The van der Waals surface area contributed by atoms with Gasteiger partial charge in [0.15, 0.2) is 0 Å². The average Bonchev–Trinajstić information content (AvgIpc) is 2.89.